The first-order valence-electron chi connectivity index (χ1n) is 12.0. The van der Waals surface area contributed by atoms with Crippen LogP contribution in [0.3, 0.4) is 0 Å². The Kier molecular flexibility index (Phi) is 13.6. The summed E-state index contributed by atoms with van der Waals surface area (Å²) < 4.78 is 10.9. The molecule has 0 fully saturated rings. The normalized spacial score (nSPS) is 13.0. The number of halogens is 2. The van der Waals surface area contributed by atoms with Crippen molar-refractivity contribution >= 4 is 46.7 Å². The van der Waals surface area contributed by atoms with Crippen LogP contribution in [0.1, 0.15) is 52.2 Å². The Labute approximate surface area is 222 Å². The number of nitrogens with one attached hydrogen (secondary N) is 2. The number of amides is 1. The van der Waals surface area contributed by atoms with Crippen molar-refractivity contribution in [2.45, 2.75) is 64.3 Å². The lowest BCUT2D eigenvalue weighted by atomic mass is 10.0. The molecular weight excluding hydrogens is 507 g/mol. The van der Waals surface area contributed by atoms with Crippen molar-refractivity contribution in [1.29, 1.82) is 0 Å². The van der Waals surface area contributed by atoms with Gasteiger partial charge in [0.2, 0.25) is 0 Å². The summed E-state index contributed by atoms with van der Waals surface area (Å²) in [4.78, 5) is 25.5. The molecular formula is C26H36Cl2N2O4S. The van der Waals surface area contributed by atoms with E-state index in [-0.39, 0.29) is 30.4 Å². The Hall–Kier alpha value is -1.67. The standard InChI is InChI=1S/C26H36Cl2N2O4S/c1-4-5-8-23(24(31)17-35-16-21-7-6-11-33-21)29-14-20(12-18(2)3)30-26(32)15-34-25-10-9-19(27)13-22(25)28/h6-7,9-11,13,18,20,23,29H,4-5,8,12,14-17H2,1-3H3,(H,30,32). The Morgan fingerprint density at radius 3 is 2.66 bits per heavy atom. The van der Waals surface area contributed by atoms with Gasteiger partial charge in [0, 0.05) is 17.6 Å². The Balaban J connectivity index is 1.87. The number of carbonyl (C=O) groups is 2. The highest BCUT2D eigenvalue weighted by molar-refractivity contribution is 7.99. The molecule has 0 aliphatic heterocycles. The van der Waals surface area contributed by atoms with E-state index in [9.17, 15) is 9.59 Å². The highest BCUT2D eigenvalue weighted by Gasteiger charge is 2.21. The van der Waals surface area contributed by atoms with Gasteiger partial charge in [-0.15, -0.1) is 11.8 Å². The zero-order valence-electron chi connectivity index (χ0n) is 20.7. The third-order valence-corrected chi connectivity index (χ3v) is 6.80. The number of benzene rings is 1. The fraction of sp³-hybridized carbons (Fsp3) is 0.538. The molecule has 35 heavy (non-hydrogen) atoms. The molecule has 0 saturated carbocycles. The minimum absolute atomic E-state index is 0.125. The highest BCUT2D eigenvalue weighted by atomic mass is 35.5. The molecule has 1 aromatic heterocycles. The van der Waals surface area contributed by atoms with Gasteiger partial charge in [-0.3, -0.25) is 9.59 Å². The number of carbonyl (C=O) groups excluding carboxylic acids is 2. The van der Waals surface area contributed by atoms with Gasteiger partial charge >= 0.3 is 0 Å². The number of furan rings is 1. The maximum absolute atomic E-state index is 12.9. The first kappa shape index (κ1) is 29.6. The van der Waals surface area contributed by atoms with Gasteiger partial charge in [-0.05, 0) is 49.1 Å². The molecule has 2 N–H and O–H groups in total. The fourth-order valence-electron chi connectivity index (χ4n) is 3.58. The van der Waals surface area contributed by atoms with Gasteiger partial charge in [-0.2, -0.15) is 0 Å². The summed E-state index contributed by atoms with van der Waals surface area (Å²) in [5.41, 5.74) is 0. The molecule has 194 valence electrons. The number of Topliss-reactive ketones (excluding diaryl/α,β-unsaturated/α-hetero) is 1. The fourth-order valence-corrected chi connectivity index (χ4v) is 4.92. The summed E-state index contributed by atoms with van der Waals surface area (Å²) in [6.45, 7) is 6.68. The number of thioether (sulfide) groups is 1. The molecule has 0 saturated heterocycles. The van der Waals surface area contributed by atoms with Crippen LogP contribution in [0.2, 0.25) is 10.0 Å². The van der Waals surface area contributed by atoms with E-state index in [0.717, 1.165) is 31.4 Å². The van der Waals surface area contributed by atoms with Crippen LogP contribution in [0.4, 0.5) is 0 Å². The molecule has 1 aromatic carbocycles. The van der Waals surface area contributed by atoms with Crippen molar-refractivity contribution in [3.8, 4) is 5.75 Å². The summed E-state index contributed by atoms with van der Waals surface area (Å²) in [6.07, 6.45) is 5.17. The smallest absolute Gasteiger partial charge is 0.258 e. The van der Waals surface area contributed by atoms with E-state index >= 15 is 0 Å². The van der Waals surface area contributed by atoms with Crippen LogP contribution in [0, 0.1) is 5.92 Å². The minimum atomic E-state index is -0.242. The zero-order valence-corrected chi connectivity index (χ0v) is 23.0. The van der Waals surface area contributed by atoms with Gasteiger partial charge < -0.3 is 19.8 Å². The summed E-state index contributed by atoms with van der Waals surface area (Å²) in [5.74, 6) is 2.66. The second-order valence-corrected chi connectivity index (χ2v) is 10.7. The summed E-state index contributed by atoms with van der Waals surface area (Å²) in [7, 11) is 0. The maximum atomic E-state index is 12.9. The third-order valence-electron chi connectivity index (χ3n) is 5.29. The Bertz CT molecular complexity index is 909. The molecule has 1 amide bonds. The van der Waals surface area contributed by atoms with E-state index in [1.54, 1.807) is 36.2 Å². The van der Waals surface area contributed by atoms with Crippen LogP contribution in [0.15, 0.2) is 41.0 Å². The van der Waals surface area contributed by atoms with Crippen LogP contribution in [-0.4, -0.2) is 42.7 Å². The van der Waals surface area contributed by atoms with Gasteiger partial charge in [0.1, 0.15) is 11.5 Å². The van der Waals surface area contributed by atoms with Crippen LogP contribution in [0.5, 0.6) is 5.75 Å². The lowest BCUT2D eigenvalue weighted by Crippen LogP contribution is -2.49. The van der Waals surface area contributed by atoms with E-state index in [0.29, 0.717) is 39.8 Å². The molecule has 0 bridgehead atoms. The number of ketones is 1. The molecule has 0 spiro atoms. The molecule has 2 unspecified atom stereocenters. The number of ether oxygens (including phenoxy) is 1. The van der Waals surface area contributed by atoms with Gasteiger partial charge in [0.05, 0.1) is 28.8 Å². The van der Waals surface area contributed by atoms with Gasteiger partial charge in [0.25, 0.3) is 5.91 Å². The molecule has 2 atom stereocenters. The number of rotatable bonds is 17. The first-order valence-corrected chi connectivity index (χ1v) is 13.9. The number of hydrogen-bond donors (Lipinski definition) is 2. The van der Waals surface area contributed by atoms with Crippen LogP contribution < -0.4 is 15.4 Å². The van der Waals surface area contributed by atoms with Crippen molar-refractivity contribution in [3.63, 3.8) is 0 Å². The second-order valence-electron chi connectivity index (χ2n) is 8.90. The quantitative estimate of drug-likeness (QED) is 0.249. The Morgan fingerprint density at radius 1 is 1.20 bits per heavy atom. The number of unbranched alkanes of at least 4 members (excludes halogenated alkanes) is 1. The van der Waals surface area contributed by atoms with Crippen LogP contribution in [0.25, 0.3) is 0 Å². The largest absolute Gasteiger partial charge is 0.482 e. The van der Waals surface area contributed by atoms with Gasteiger partial charge in [-0.1, -0.05) is 56.8 Å². The Morgan fingerprint density at radius 2 is 2.00 bits per heavy atom. The predicted octanol–water partition coefficient (Wildman–Crippen LogP) is 6.15. The van der Waals surface area contributed by atoms with Gasteiger partial charge in [0.15, 0.2) is 12.4 Å². The molecule has 0 aliphatic rings. The summed E-state index contributed by atoms with van der Waals surface area (Å²) >= 11 is 13.6. The summed E-state index contributed by atoms with van der Waals surface area (Å²) in [5, 5.41) is 7.31. The lowest BCUT2D eigenvalue weighted by Gasteiger charge is -2.25. The number of hydrogen-bond acceptors (Lipinski definition) is 6. The first-order chi connectivity index (χ1) is 16.8. The molecule has 2 rings (SSSR count). The zero-order chi connectivity index (χ0) is 25.6. The highest BCUT2D eigenvalue weighted by Crippen LogP contribution is 2.27. The van der Waals surface area contributed by atoms with E-state index < -0.39 is 0 Å². The van der Waals surface area contributed by atoms with E-state index in [2.05, 4.69) is 31.4 Å². The van der Waals surface area contributed by atoms with Gasteiger partial charge in [-0.25, -0.2) is 0 Å². The minimum Gasteiger partial charge on any atom is -0.482 e. The third kappa shape index (κ3) is 11.7. The van der Waals surface area contributed by atoms with E-state index in [4.69, 9.17) is 32.4 Å². The van der Waals surface area contributed by atoms with Crippen molar-refractivity contribution in [3.05, 3.63) is 52.4 Å². The SMILES string of the molecule is CCCCC(NCC(CC(C)C)NC(=O)COc1ccc(Cl)cc1Cl)C(=O)CSCc1ccco1. The summed E-state index contributed by atoms with van der Waals surface area (Å²) in [6, 6.07) is 8.26. The molecule has 9 heteroatoms. The predicted molar refractivity (Wildman–Crippen MR) is 145 cm³/mol. The maximum Gasteiger partial charge on any atom is 0.258 e. The average molecular weight is 544 g/mol. The van der Waals surface area contributed by atoms with Crippen molar-refractivity contribution in [1.82, 2.24) is 10.6 Å². The second kappa shape index (κ2) is 16.1. The molecule has 1 heterocycles. The molecule has 2 aromatic rings. The van der Waals surface area contributed by atoms with Crippen molar-refractivity contribution in [2.24, 2.45) is 5.92 Å². The van der Waals surface area contributed by atoms with E-state index in [1.807, 2.05) is 12.1 Å². The van der Waals surface area contributed by atoms with E-state index in [1.165, 1.54) is 0 Å². The molecule has 0 aliphatic carbocycles. The van der Waals surface area contributed by atoms with Crippen molar-refractivity contribution in [2.75, 3.05) is 18.9 Å². The van der Waals surface area contributed by atoms with Crippen LogP contribution >= 0.6 is 35.0 Å². The lowest BCUT2D eigenvalue weighted by molar-refractivity contribution is -0.123. The molecule has 6 nitrogen and oxygen atoms in total. The van der Waals surface area contributed by atoms with Crippen LogP contribution in [-0.2, 0) is 15.3 Å². The monoisotopic (exact) mass is 542 g/mol. The topological polar surface area (TPSA) is 80.6 Å². The van der Waals surface area contributed by atoms with Crippen molar-refractivity contribution < 1.29 is 18.7 Å². The average Bonchev–Trinajstić information content (AvgIpc) is 3.31. The molecule has 0 radical (unpaired) electrons.